The number of amides is 1. The SMILES string of the molecule is CCN(CC(N)=O)c1ccc(C=O)cc1Cl. The Bertz CT molecular complexity index is 407. The molecule has 2 N–H and O–H groups in total. The quantitative estimate of drug-likeness (QED) is 0.793. The van der Waals surface area contributed by atoms with E-state index >= 15 is 0 Å². The minimum Gasteiger partial charge on any atom is -0.368 e. The Morgan fingerprint density at radius 2 is 2.25 bits per heavy atom. The van der Waals surface area contributed by atoms with Gasteiger partial charge in [-0.1, -0.05) is 11.6 Å². The van der Waals surface area contributed by atoms with E-state index in [-0.39, 0.29) is 6.54 Å². The summed E-state index contributed by atoms with van der Waals surface area (Å²) < 4.78 is 0. The highest BCUT2D eigenvalue weighted by Crippen LogP contribution is 2.26. The second-order valence-electron chi connectivity index (χ2n) is 3.31. The third-order valence-corrected chi connectivity index (χ3v) is 2.48. The fourth-order valence-electron chi connectivity index (χ4n) is 1.41. The summed E-state index contributed by atoms with van der Waals surface area (Å²) >= 11 is 6.01. The highest BCUT2D eigenvalue weighted by Gasteiger charge is 2.11. The lowest BCUT2D eigenvalue weighted by molar-refractivity contribution is -0.116. The van der Waals surface area contributed by atoms with Crippen LogP contribution in [-0.4, -0.2) is 25.3 Å². The van der Waals surface area contributed by atoms with Gasteiger partial charge in [0.1, 0.15) is 6.29 Å². The highest BCUT2D eigenvalue weighted by molar-refractivity contribution is 6.33. The molecule has 0 aliphatic rings. The Balaban J connectivity index is 3.01. The standard InChI is InChI=1S/C11H13ClN2O2/c1-2-14(6-11(13)16)10-4-3-8(7-15)5-9(10)12/h3-5,7H,2,6H2,1H3,(H2,13,16). The maximum absolute atomic E-state index is 10.9. The Labute approximate surface area is 99.0 Å². The molecule has 0 aliphatic heterocycles. The third-order valence-electron chi connectivity index (χ3n) is 2.18. The molecule has 86 valence electrons. The number of hydrogen-bond acceptors (Lipinski definition) is 3. The van der Waals surface area contributed by atoms with Gasteiger partial charge in [-0.25, -0.2) is 0 Å². The smallest absolute Gasteiger partial charge is 0.236 e. The molecule has 0 atom stereocenters. The van der Waals surface area contributed by atoms with Gasteiger partial charge in [-0.2, -0.15) is 0 Å². The van der Waals surface area contributed by atoms with Crippen LogP contribution in [0.25, 0.3) is 0 Å². The monoisotopic (exact) mass is 240 g/mol. The first-order chi connectivity index (χ1) is 7.58. The molecule has 1 aromatic rings. The average Bonchev–Trinajstić information content (AvgIpc) is 2.25. The lowest BCUT2D eigenvalue weighted by Crippen LogP contribution is -2.33. The first-order valence-electron chi connectivity index (χ1n) is 4.86. The molecular weight excluding hydrogens is 228 g/mol. The summed E-state index contributed by atoms with van der Waals surface area (Å²) in [7, 11) is 0. The molecule has 1 aromatic carbocycles. The normalized spacial score (nSPS) is 9.88. The van der Waals surface area contributed by atoms with E-state index in [0.29, 0.717) is 22.8 Å². The number of carbonyl (C=O) groups is 2. The molecule has 0 aromatic heterocycles. The number of halogens is 1. The van der Waals surface area contributed by atoms with E-state index in [4.69, 9.17) is 17.3 Å². The number of benzene rings is 1. The zero-order chi connectivity index (χ0) is 12.1. The van der Waals surface area contributed by atoms with Crippen molar-refractivity contribution >= 4 is 29.5 Å². The molecule has 0 heterocycles. The Morgan fingerprint density at radius 1 is 1.56 bits per heavy atom. The molecule has 5 heteroatoms. The van der Waals surface area contributed by atoms with Crippen molar-refractivity contribution in [1.29, 1.82) is 0 Å². The molecule has 16 heavy (non-hydrogen) atoms. The average molecular weight is 241 g/mol. The van der Waals surface area contributed by atoms with Crippen LogP contribution in [0.1, 0.15) is 17.3 Å². The summed E-state index contributed by atoms with van der Waals surface area (Å²) in [5, 5.41) is 0.438. The number of nitrogens with zero attached hydrogens (tertiary/aromatic N) is 1. The predicted octanol–water partition coefficient (Wildman–Crippen LogP) is 1.46. The molecule has 0 spiro atoms. The lowest BCUT2D eigenvalue weighted by atomic mass is 10.2. The first kappa shape index (κ1) is 12.5. The second kappa shape index (κ2) is 5.51. The molecular formula is C11H13ClN2O2. The minimum atomic E-state index is -0.419. The van der Waals surface area contributed by atoms with Gasteiger partial charge in [0, 0.05) is 12.1 Å². The van der Waals surface area contributed by atoms with Crippen LogP contribution in [0.3, 0.4) is 0 Å². The van der Waals surface area contributed by atoms with Gasteiger partial charge in [-0.3, -0.25) is 9.59 Å². The third kappa shape index (κ3) is 2.97. The predicted molar refractivity (Wildman–Crippen MR) is 63.9 cm³/mol. The van der Waals surface area contributed by atoms with Gasteiger partial charge in [0.05, 0.1) is 17.3 Å². The van der Waals surface area contributed by atoms with Crippen LogP contribution in [0.2, 0.25) is 5.02 Å². The van der Waals surface area contributed by atoms with Crippen molar-refractivity contribution in [3.05, 3.63) is 28.8 Å². The van der Waals surface area contributed by atoms with Crippen molar-refractivity contribution < 1.29 is 9.59 Å². The number of hydrogen-bond donors (Lipinski definition) is 1. The maximum atomic E-state index is 10.9. The minimum absolute atomic E-state index is 0.108. The lowest BCUT2D eigenvalue weighted by Gasteiger charge is -2.22. The van der Waals surface area contributed by atoms with Crippen molar-refractivity contribution in [3.8, 4) is 0 Å². The number of aldehydes is 1. The zero-order valence-corrected chi connectivity index (χ0v) is 9.70. The van der Waals surface area contributed by atoms with Crippen molar-refractivity contribution in [1.82, 2.24) is 0 Å². The molecule has 0 saturated heterocycles. The molecule has 0 fully saturated rings. The van der Waals surface area contributed by atoms with Crippen LogP contribution in [0, 0.1) is 0 Å². The van der Waals surface area contributed by atoms with E-state index in [1.807, 2.05) is 6.92 Å². The van der Waals surface area contributed by atoms with Crippen molar-refractivity contribution in [2.24, 2.45) is 5.73 Å². The number of likely N-dealkylation sites (N-methyl/N-ethyl adjacent to an activating group) is 1. The van der Waals surface area contributed by atoms with Crippen LogP contribution in [-0.2, 0) is 4.79 Å². The number of rotatable bonds is 5. The molecule has 0 radical (unpaired) electrons. The fraction of sp³-hybridized carbons (Fsp3) is 0.273. The Kier molecular flexibility index (Phi) is 4.31. The van der Waals surface area contributed by atoms with Crippen molar-refractivity contribution in [3.63, 3.8) is 0 Å². The van der Waals surface area contributed by atoms with Gasteiger partial charge in [-0.15, -0.1) is 0 Å². The van der Waals surface area contributed by atoms with Gasteiger partial charge in [0.25, 0.3) is 0 Å². The van der Waals surface area contributed by atoms with E-state index in [2.05, 4.69) is 0 Å². The van der Waals surface area contributed by atoms with Crippen LogP contribution in [0.5, 0.6) is 0 Å². The van der Waals surface area contributed by atoms with Crippen LogP contribution in [0.15, 0.2) is 18.2 Å². The van der Waals surface area contributed by atoms with E-state index < -0.39 is 5.91 Å². The van der Waals surface area contributed by atoms with E-state index in [9.17, 15) is 9.59 Å². The topological polar surface area (TPSA) is 63.4 Å². The molecule has 0 unspecified atom stereocenters. The van der Waals surface area contributed by atoms with Crippen molar-refractivity contribution in [2.75, 3.05) is 18.0 Å². The number of primary amides is 1. The zero-order valence-electron chi connectivity index (χ0n) is 8.94. The van der Waals surface area contributed by atoms with Crippen molar-refractivity contribution in [2.45, 2.75) is 6.92 Å². The summed E-state index contributed by atoms with van der Waals surface area (Å²) in [5.74, 6) is -0.419. The molecule has 1 rings (SSSR count). The van der Waals surface area contributed by atoms with Crippen LogP contribution >= 0.6 is 11.6 Å². The Morgan fingerprint density at radius 3 is 2.69 bits per heavy atom. The summed E-state index contributed by atoms with van der Waals surface area (Å²) in [6.45, 7) is 2.62. The number of nitrogens with two attached hydrogens (primary N) is 1. The summed E-state index contributed by atoms with van der Waals surface area (Å²) in [6, 6.07) is 4.92. The molecule has 0 saturated carbocycles. The number of carbonyl (C=O) groups excluding carboxylic acids is 2. The first-order valence-corrected chi connectivity index (χ1v) is 5.24. The molecule has 1 amide bonds. The van der Waals surface area contributed by atoms with Gasteiger partial charge < -0.3 is 10.6 Å². The largest absolute Gasteiger partial charge is 0.368 e. The second-order valence-corrected chi connectivity index (χ2v) is 3.72. The summed E-state index contributed by atoms with van der Waals surface area (Å²) in [4.78, 5) is 23.1. The molecule has 4 nitrogen and oxygen atoms in total. The molecule has 0 bridgehead atoms. The number of anilines is 1. The molecule has 0 aliphatic carbocycles. The van der Waals surface area contributed by atoms with Crippen LogP contribution < -0.4 is 10.6 Å². The van der Waals surface area contributed by atoms with Gasteiger partial charge in [0.2, 0.25) is 5.91 Å². The highest BCUT2D eigenvalue weighted by atomic mass is 35.5. The van der Waals surface area contributed by atoms with E-state index in [1.54, 1.807) is 23.1 Å². The Hall–Kier alpha value is -1.55. The summed E-state index contributed by atoms with van der Waals surface area (Å²) in [5.41, 5.74) is 6.34. The van der Waals surface area contributed by atoms with Gasteiger partial charge in [-0.05, 0) is 25.1 Å². The van der Waals surface area contributed by atoms with Crippen LogP contribution in [0.4, 0.5) is 5.69 Å². The maximum Gasteiger partial charge on any atom is 0.236 e. The van der Waals surface area contributed by atoms with Gasteiger partial charge >= 0.3 is 0 Å². The van der Waals surface area contributed by atoms with Gasteiger partial charge in [0.15, 0.2) is 0 Å². The van der Waals surface area contributed by atoms with E-state index in [0.717, 1.165) is 6.29 Å². The summed E-state index contributed by atoms with van der Waals surface area (Å²) in [6.07, 6.45) is 0.722. The fourth-order valence-corrected chi connectivity index (χ4v) is 1.72. The van der Waals surface area contributed by atoms with E-state index in [1.165, 1.54) is 0 Å².